The van der Waals surface area contributed by atoms with Gasteiger partial charge in [0.15, 0.2) is 5.11 Å². The van der Waals surface area contributed by atoms with Gasteiger partial charge in [0.2, 0.25) is 0 Å². The van der Waals surface area contributed by atoms with Gasteiger partial charge >= 0.3 is 0 Å². The topological polar surface area (TPSA) is 41.3 Å². The lowest BCUT2D eigenvalue weighted by molar-refractivity contribution is 0.223. The van der Waals surface area contributed by atoms with Crippen molar-refractivity contribution >= 4 is 17.3 Å². The maximum atomic E-state index is 12.4. The molecule has 3 N–H and O–H groups in total. The van der Waals surface area contributed by atoms with Gasteiger partial charge in [-0.2, -0.15) is 0 Å². The van der Waals surface area contributed by atoms with Gasteiger partial charge in [-0.3, -0.25) is 4.90 Å². The predicted octanol–water partition coefficient (Wildman–Crippen LogP) is 1.88. The minimum atomic E-state index is -0.449. The lowest BCUT2D eigenvalue weighted by atomic mass is 10.0. The second-order valence-corrected chi connectivity index (χ2v) is 4.94. The zero-order valence-electron chi connectivity index (χ0n) is 10.5. The fraction of sp³-hybridized carbons (Fsp3) is 0.462. The van der Waals surface area contributed by atoms with Crippen molar-refractivity contribution in [3.05, 3.63) is 36.7 Å². The molecule has 0 unspecified atom stereocenters. The molecule has 0 aromatic heterocycles. The van der Waals surface area contributed by atoms with E-state index in [0.29, 0.717) is 11.2 Å². The van der Waals surface area contributed by atoms with Crippen LogP contribution in [-0.4, -0.2) is 35.7 Å². The fourth-order valence-electron chi connectivity index (χ4n) is 1.98. The molecule has 1 heterocycles. The third-order valence-corrected chi connectivity index (χ3v) is 2.98. The molecule has 1 aliphatic heterocycles. The maximum Gasteiger partial charge on any atom is 0.163 e. The van der Waals surface area contributed by atoms with Crippen LogP contribution in [0.15, 0.2) is 36.7 Å². The molecule has 0 atom stereocenters. The molecule has 5 heteroatoms. The van der Waals surface area contributed by atoms with Gasteiger partial charge in [0.05, 0.1) is 0 Å². The Balaban J connectivity index is 2.29. The Morgan fingerprint density at radius 3 is 2.50 bits per heavy atom. The number of nitrogens with two attached hydrogens (primary N) is 1. The first-order chi connectivity index (χ1) is 8.47. The molecule has 100 valence electrons. The van der Waals surface area contributed by atoms with Crippen molar-refractivity contribution in [2.45, 2.75) is 18.9 Å². The standard InChI is InChI=1S/C13H20FN3S/c1-10(3-4-11(2)14)9-17-7-5-12(6-8-17)16-13(15)18/h3-4,12H,1-2,5-9H2,(H3,15,16,18)/b4-3-. The molecule has 0 radical (unpaired) electrons. The van der Waals surface area contributed by atoms with Crippen molar-refractivity contribution in [3.63, 3.8) is 0 Å². The number of allylic oxidation sites excluding steroid dienone is 2. The monoisotopic (exact) mass is 269 g/mol. The van der Waals surface area contributed by atoms with Crippen molar-refractivity contribution in [1.29, 1.82) is 0 Å². The number of thiocarbonyl (C=S) groups is 1. The van der Waals surface area contributed by atoms with Gasteiger partial charge in [0.25, 0.3) is 0 Å². The SMILES string of the molecule is C=C(F)/C=C\C(=C)CN1CCC(NC(N)=S)CC1. The van der Waals surface area contributed by atoms with Gasteiger partial charge in [-0.25, -0.2) is 4.39 Å². The lowest BCUT2D eigenvalue weighted by Crippen LogP contribution is -2.46. The summed E-state index contributed by atoms with van der Waals surface area (Å²) in [6.07, 6.45) is 5.01. The molecule has 0 aromatic rings. The van der Waals surface area contributed by atoms with Crippen molar-refractivity contribution in [3.8, 4) is 0 Å². The molecular formula is C13H20FN3S. The Bertz CT molecular complexity index is 357. The van der Waals surface area contributed by atoms with Gasteiger partial charge < -0.3 is 11.1 Å². The second-order valence-electron chi connectivity index (χ2n) is 4.50. The smallest absolute Gasteiger partial charge is 0.163 e. The molecule has 18 heavy (non-hydrogen) atoms. The minimum absolute atomic E-state index is 0.363. The Hall–Kier alpha value is -1.20. The highest BCUT2D eigenvalue weighted by Crippen LogP contribution is 2.12. The van der Waals surface area contributed by atoms with E-state index in [4.69, 9.17) is 18.0 Å². The van der Waals surface area contributed by atoms with Crippen molar-refractivity contribution in [2.24, 2.45) is 5.73 Å². The minimum Gasteiger partial charge on any atom is -0.376 e. The number of rotatable bonds is 5. The Kier molecular flexibility index (Phi) is 6.01. The predicted molar refractivity (Wildman–Crippen MR) is 77.9 cm³/mol. The number of hydrogen-bond acceptors (Lipinski definition) is 2. The molecule has 0 bridgehead atoms. The van der Waals surface area contributed by atoms with E-state index in [-0.39, 0.29) is 0 Å². The van der Waals surface area contributed by atoms with Crippen molar-refractivity contribution < 1.29 is 4.39 Å². The first-order valence-corrected chi connectivity index (χ1v) is 6.37. The summed E-state index contributed by atoms with van der Waals surface area (Å²) < 4.78 is 12.4. The molecule has 1 aliphatic rings. The summed E-state index contributed by atoms with van der Waals surface area (Å²) in [5.41, 5.74) is 6.33. The van der Waals surface area contributed by atoms with E-state index >= 15 is 0 Å². The maximum absolute atomic E-state index is 12.4. The first kappa shape index (κ1) is 14.9. The molecule has 0 aliphatic carbocycles. The summed E-state index contributed by atoms with van der Waals surface area (Å²) in [7, 11) is 0. The highest BCUT2D eigenvalue weighted by Gasteiger charge is 2.18. The number of nitrogens with one attached hydrogen (secondary N) is 1. The molecule has 3 nitrogen and oxygen atoms in total. The largest absolute Gasteiger partial charge is 0.376 e. The van der Waals surface area contributed by atoms with Crippen LogP contribution < -0.4 is 11.1 Å². The van der Waals surface area contributed by atoms with Crippen LogP contribution >= 0.6 is 12.2 Å². The summed E-state index contributed by atoms with van der Waals surface area (Å²) in [5, 5.41) is 3.44. The van der Waals surface area contributed by atoms with E-state index in [1.807, 2.05) is 0 Å². The number of halogens is 1. The van der Waals surface area contributed by atoms with E-state index in [1.165, 1.54) is 6.08 Å². The van der Waals surface area contributed by atoms with E-state index in [9.17, 15) is 4.39 Å². The van der Waals surface area contributed by atoms with Gasteiger partial charge in [0, 0.05) is 25.7 Å². The zero-order valence-corrected chi connectivity index (χ0v) is 11.3. The molecule has 1 rings (SSSR count). The highest BCUT2D eigenvalue weighted by atomic mass is 32.1. The van der Waals surface area contributed by atoms with Gasteiger partial charge in [-0.1, -0.05) is 19.2 Å². The van der Waals surface area contributed by atoms with Crippen molar-refractivity contribution in [1.82, 2.24) is 10.2 Å². The highest BCUT2D eigenvalue weighted by molar-refractivity contribution is 7.80. The molecule has 0 spiro atoms. The molecular weight excluding hydrogens is 249 g/mol. The first-order valence-electron chi connectivity index (χ1n) is 5.96. The number of hydrogen-bond donors (Lipinski definition) is 2. The van der Waals surface area contributed by atoms with Crippen LogP contribution in [0.5, 0.6) is 0 Å². The van der Waals surface area contributed by atoms with Gasteiger partial charge in [0.1, 0.15) is 5.83 Å². The molecule has 1 saturated heterocycles. The average Bonchev–Trinajstić information content (AvgIpc) is 2.28. The molecule has 0 aromatic carbocycles. The third kappa shape index (κ3) is 5.93. The number of likely N-dealkylation sites (tertiary alicyclic amines) is 1. The van der Waals surface area contributed by atoms with Gasteiger partial charge in [-0.15, -0.1) is 0 Å². The normalized spacial score (nSPS) is 17.8. The van der Waals surface area contributed by atoms with E-state index < -0.39 is 5.83 Å². The summed E-state index contributed by atoms with van der Waals surface area (Å²) >= 11 is 4.82. The average molecular weight is 269 g/mol. The summed E-state index contributed by atoms with van der Waals surface area (Å²) in [6, 6.07) is 0.369. The summed E-state index contributed by atoms with van der Waals surface area (Å²) in [6.45, 7) is 9.74. The quantitative estimate of drug-likeness (QED) is 0.591. The van der Waals surface area contributed by atoms with E-state index in [2.05, 4.69) is 23.4 Å². The van der Waals surface area contributed by atoms with Crippen LogP contribution in [0, 0.1) is 0 Å². The van der Waals surface area contributed by atoms with Crippen LogP contribution in [-0.2, 0) is 0 Å². The van der Waals surface area contributed by atoms with E-state index in [1.54, 1.807) is 6.08 Å². The Labute approximate surface area is 113 Å². The van der Waals surface area contributed by atoms with Crippen LogP contribution in [0.4, 0.5) is 4.39 Å². The lowest BCUT2D eigenvalue weighted by Gasteiger charge is -2.32. The van der Waals surface area contributed by atoms with Crippen LogP contribution in [0.1, 0.15) is 12.8 Å². The Morgan fingerprint density at radius 2 is 2.00 bits per heavy atom. The zero-order chi connectivity index (χ0) is 13.5. The number of nitrogens with zero attached hydrogens (tertiary/aromatic N) is 1. The fourth-order valence-corrected chi connectivity index (χ4v) is 2.15. The van der Waals surface area contributed by atoms with Crippen LogP contribution in [0.2, 0.25) is 0 Å². The van der Waals surface area contributed by atoms with Crippen molar-refractivity contribution in [2.75, 3.05) is 19.6 Å². The second kappa shape index (κ2) is 7.28. The molecule has 0 amide bonds. The molecule has 0 saturated carbocycles. The van der Waals surface area contributed by atoms with Crippen LogP contribution in [0.3, 0.4) is 0 Å². The van der Waals surface area contributed by atoms with Gasteiger partial charge in [-0.05, 0) is 36.7 Å². The molecule has 1 fully saturated rings. The summed E-state index contributed by atoms with van der Waals surface area (Å²) in [4.78, 5) is 2.28. The number of piperidine rings is 1. The third-order valence-electron chi connectivity index (χ3n) is 2.86. The Morgan fingerprint density at radius 1 is 1.39 bits per heavy atom. The summed E-state index contributed by atoms with van der Waals surface area (Å²) in [5.74, 6) is -0.449. The van der Waals surface area contributed by atoms with Crippen LogP contribution in [0.25, 0.3) is 0 Å². The van der Waals surface area contributed by atoms with E-state index in [0.717, 1.165) is 38.0 Å².